The van der Waals surface area contributed by atoms with E-state index in [9.17, 15) is 22.0 Å². The summed E-state index contributed by atoms with van der Waals surface area (Å²) in [5, 5.41) is 5.60. The van der Waals surface area contributed by atoms with Gasteiger partial charge in [-0.05, 0) is 54.8 Å². The van der Waals surface area contributed by atoms with Crippen molar-refractivity contribution in [3.05, 3.63) is 71.0 Å². The van der Waals surface area contributed by atoms with E-state index in [1.54, 1.807) is 35.5 Å². The zero-order chi connectivity index (χ0) is 25.1. The van der Waals surface area contributed by atoms with Crippen LogP contribution in [-0.2, 0) is 21.2 Å². The summed E-state index contributed by atoms with van der Waals surface area (Å²) < 4.78 is 52.7. The van der Waals surface area contributed by atoms with Gasteiger partial charge in [-0.3, -0.25) is 9.78 Å². The molecule has 3 heterocycles. The Morgan fingerprint density at radius 1 is 1.11 bits per heavy atom. The van der Waals surface area contributed by atoms with Gasteiger partial charge in [-0.15, -0.1) is 0 Å². The molecule has 2 aromatic carbocycles. The number of nitrogens with two attached hydrogens (primary N) is 1. The van der Waals surface area contributed by atoms with E-state index < -0.39 is 32.5 Å². The standard InChI is InChI=1S/C24H21ClF2N4O3S/c1-13-6-15-8-20(27)23(35(28,33)34)9-22(15)31(13)24(32)16-11-30(12-16)21-3-2-14(7-19(21)26)17-10-29-5-4-18(17)25/h2-5,7-10,13,16H,6,11-12H2,1H3,(H2,28,33,34)/t13-/m1/s1. The molecule has 3 aromatic rings. The number of benzene rings is 2. The maximum absolute atomic E-state index is 14.9. The van der Waals surface area contributed by atoms with E-state index in [1.807, 2.05) is 6.92 Å². The number of hydrogen-bond donors (Lipinski definition) is 1. The van der Waals surface area contributed by atoms with Crippen LogP contribution < -0.4 is 14.9 Å². The molecule has 0 unspecified atom stereocenters. The zero-order valence-corrected chi connectivity index (χ0v) is 20.2. The maximum atomic E-state index is 14.9. The summed E-state index contributed by atoms with van der Waals surface area (Å²) in [4.78, 5) is 19.9. The van der Waals surface area contributed by atoms with Gasteiger partial charge in [-0.25, -0.2) is 22.3 Å². The van der Waals surface area contributed by atoms with Crippen LogP contribution in [0.4, 0.5) is 20.2 Å². The second-order valence-electron chi connectivity index (χ2n) is 8.84. The number of fused-ring (bicyclic) bond motifs is 1. The normalized spacial score (nSPS) is 17.9. The first-order valence-electron chi connectivity index (χ1n) is 10.9. The van der Waals surface area contributed by atoms with Crippen molar-refractivity contribution >= 4 is 38.9 Å². The molecular weight excluding hydrogens is 498 g/mol. The number of nitrogens with zero attached hydrogens (tertiary/aromatic N) is 3. The summed E-state index contributed by atoms with van der Waals surface area (Å²) in [6.07, 6.45) is 3.52. The highest BCUT2D eigenvalue weighted by atomic mass is 35.5. The van der Waals surface area contributed by atoms with Crippen LogP contribution in [-0.4, -0.2) is 38.4 Å². The van der Waals surface area contributed by atoms with Gasteiger partial charge in [-0.2, -0.15) is 0 Å². The van der Waals surface area contributed by atoms with Crippen molar-refractivity contribution < 1.29 is 22.0 Å². The van der Waals surface area contributed by atoms with Gasteiger partial charge in [0, 0.05) is 42.8 Å². The van der Waals surface area contributed by atoms with Crippen LogP contribution in [0.3, 0.4) is 0 Å². The average molecular weight is 519 g/mol. The molecule has 7 nitrogen and oxygen atoms in total. The monoisotopic (exact) mass is 518 g/mol. The fraction of sp³-hybridized carbons (Fsp3) is 0.250. The summed E-state index contributed by atoms with van der Waals surface area (Å²) in [5.41, 5.74) is 2.47. The third-order valence-electron chi connectivity index (χ3n) is 6.49. The molecule has 0 bridgehead atoms. The minimum absolute atomic E-state index is 0.223. The Kier molecular flexibility index (Phi) is 5.77. The Balaban J connectivity index is 1.34. The minimum Gasteiger partial charge on any atom is -0.367 e. The number of anilines is 2. The summed E-state index contributed by atoms with van der Waals surface area (Å²) in [5.74, 6) is -2.02. The number of sulfonamides is 1. The molecule has 1 saturated heterocycles. The van der Waals surface area contributed by atoms with Crippen LogP contribution in [0.5, 0.6) is 0 Å². The van der Waals surface area contributed by atoms with Crippen LogP contribution in [0.15, 0.2) is 53.7 Å². The maximum Gasteiger partial charge on any atom is 0.241 e. The second-order valence-corrected chi connectivity index (χ2v) is 10.8. The number of pyridine rings is 1. The van der Waals surface area contributed by atoms with Crippen molar-refractivity contribution in [2.45, 2.75) is 24.3 Å². The molecule has 0 saturated carbocycles. The fourth-order valence-corrected chi connectivity index (χ4v) is 5.54. The van der Waals surface area contributed by atoms with E-state index in [-0.39, 0.29) is 11.9 Å². The number of halogens is 3. The highest BCUT2D eigenvalue weighted by molar-refractivity contribution is 7.89. The third-order valence-corrected chi connectivity index (χ3v) is 7.75. The quantitative estimate of drug-likeness (QED) is 0.567. The molecule has 11 heteroatoms. The molecule has 1 aromatic heterocycles. The first-order valence-corrected chi connectivity index (χ1v) is 12.8. The number of carbonyl (C=O) groups is 1. The minimum atomic E-state index is -4.28. The lowest BCUT2D eigenvalue weighted by atomic mass is 9.96. The highest BCUT2D eigenvalue weighted by Crippen LogP contribution is 2.39. The Hall–Kier alpha value is -3.08. The Labute approximate surface area is 206 Å². The molecule has 0 spiro atoms. The lowest BCUT2D eigenvalue weighted by Crippen LogP contribution is -2.56. The number of primary sulfonamides is 1. The smallest absolute Gasteiger partial charge is 0.241 e. The molecule has 1 fully saturated rings. The van der Waals surface area contributed by atoms with E-state index in [1.165, 1.54) is 11.0 Å². The Morgan fingerprint density at radius 2 is 1.86 bits per heavy atom. The molecule has 2 N–H and O–H groups in total. The lowest BCUT2D eigenvalue weighted by molar-refractivity contribution is -0.123. The van der Waals surface area contributed by atoms with Crippen molar-refractivity contribution in [2.24, 2.45) is 11.1 Å². The first-order chi connectivity index (χ1) is 16.5. The average Bonchev–Trinajstić information content (AvgIpc) is 3.07. The SMILES string of the molecule is C[C@@H]1Cc2cc(F)c(S(N)(=O)=O)cc2N1C(=O)C1CN(c2ccc(-c3cnccc3Cl)cc2F)C1. The largest absolute Gasteiger partial charge is 0.367 e. The first kappa shape index (κ1) is 23.7. The molecule has 1 amide bonds. The van der Waals surface area contributed by atoms with Crippen LogP contribution in [0.2, 0.25) is 5.02 Å². The van der Waals surface area contributed by atoms with E-state index in [4.69, 9.17) is 16.7 Å². The topological polar surface area (TPSA) is 96.6 Å². The number of carbonyl (C=O) groups excluding carboxylic acids is 1. The van der Waals surface area contributed by atoms with Gasteiger partial charge in [0.25, 0.3) is 0 Å². The number of hydrogen-bond acceptors (Lipinski definition) is 5. The number of rotatable bonds is 4. The predicted molar refractivity (Wildman–Crippen MR) is 129 cm³/mol. The summed E-state index contributed by atoms with van der Waals surface area (Å²) in [6, 6.07) is 8.38. The molecule has 5 rings (SSSR count). The van der Waals surface area contributed by atoms with Gasteiger partial charge in [0.1, 0.15) is 16.5 Å². The van der Waals surface area contributed by atoms with E-state index in [0.29, 0.717) is 52.6 Å². The predicted octanol–water partition coefficient (Wildman–Crippen LogP) is 3.74. The molecule has 0 radical (unpaired) electrons. The molecule has 182 valence electrons. The van der Waals surface area contributed by atoms with Gasteiger partial charge < -0.3 is 9.80 Å². The summed E-state index contributed by atoms with van der Waals surface area (Å²) in [6.45, 7) is 2.40. The highest BCUT2D eigenvalue weighted by Gasteiger charge is 2.41. The molecule has 2 aliphatic heterocycles. The van der Waals surface area contributed by atoms with E-state index in [0.717, 1.165) is 12.1 Å². The van der Waals surface area contributed by atoms with Gasteiger partial charge in [0.05, 0.1) is 16.6 Å². The molecule has 0 aliphatic carbocycles. The summed E-state index contributed by atoms with van der Waals surface area (Å²) in [7, 11) is -4.28. The van der Waals surface area contributed by atoms with E-state index >= 15 is 0 Å². The van der Waals surface area contributed by atoms with Gasteiger partial charge in [0.15, 0.2) is 0 Å². The zero-order valence-electron chi connectivity index (χ0n) is 18.6. The fourth-order valence-electron chi connectivity index (χ4n) is 4.72. The lowest BCUT2D eigenvalue weighted by Gasteiger charge is -2.42. The Morgan fingerprint density at radius 3 is 2.51 bits per heavy atom. The van der Waals surface area contributed by atoms with Crippen LogP contribution >= 0.6 is 11.6 Å². The van der Waals surface area contributed by atoms with Crippen molar-refractivity contribution in [3.63, 3.8) is 0 Å². The van der Waals surface area contributed by atoms with Crippen molar-refractivity contribution in [1.82, 2.24) is 4.98 Å². The summed E-state index contributed by atoms with van der Waals surface area (Å²) >= 11 is 6.18. The van der Waals surface area contributed by atoms with Gasteiger partial charge >= 0.3 is 0 Å². The Bertz CT molecular complexity index is 1460. The third kappa shape index (κ3) is 4.15. The van der Waals surface area contributed by atoms with Gasteiger partial charge in [0.2, 0.25) is 15.9 Å². The second kappa shape index (κ2) is 8.54. The molecular formula is C24H21ClF2N4O3S. The molecule has 2 aliphatic rings. The van der Waals surface area contributed by atoms with Crippen molar-refractivity contribution in [1.29, 1.82) is 0 Å². The molecule has 1 atom stereocenters. The van der Waals surface area contributed by atoms with Crippen molar-refractivity contribution in [3.8, 4) is 11.1 Å². The number of aromatic nitrogens is 1. The van der Waals surface area contributed by atoms with Crippen LogP contribution in [0.1, 0.15) is 12.5 Å². The van der Waals surface area contributed by atoms with Gasteiger partial charge in [-0.1, -0.05) is 17.7 Å². The van der Waals surface area contributed by atoms with Crippen LogP contribution in [0.25, 0.3) is 11.1 Å². The van der Waals surface area contributed by atoms with E-state index in [2.05, 4.69) is 4.98 Å². The number of amides is 1. The van der Waals surface area contributed by atoms with Crippen LogP contribution in [0, 0.1) is 17.6 Å². The van der Waals surface area contributed by atoms with Crippen molar-refractivity contribution in [2.75, 3.05) is 22.9 Å². The molecule has 35 heavy (non-hydrogen) atoms.